The molecule has 0 fully saturated rings. The summed E-state index contributed by atoms with van der Waals surface area (Å²) in [6, 6.07) is 3.98. The molecule has 0 saturated carbocycles. The molecule has 1 heterocycles. The van der Waals surface area contributed by atoms with E-state index in [4.69, 9.17) is 9.15 Å². The van der Waals surface area contributed by atoms with Crippen LogP contribution in [0.15, 0.2) is 33.5 Å². The molecule has 2 aromatic rings. The van der Waals surface area contributed by atoms with Gasteiger partial charge in [-0.15, -0.1) is 0 Å². The highest BCUT2D eigenvalue weighted by atomic mass is 16.6. The largest absolute Gasteiger partial charge is 0.464 e. The van der Waals surface area contributed by atoms with Crippen LogP contribution in [0.5, 0.6) is 0 Å². The van der Waals surface area contributed by atoms with Crippen molar-refractivity contribution in [2.75, 3.05) is 13.2 Å². The number of carbonyl (C=O) groups is 3. The zero-order valence-corrected chi connectivity index (χ0v) is 16.4. The standard InChI is InChI=1S/C19H21N3O8/c1-3-20-15(23)9-8-13(19(26)29-4-2)21-17(24)12-10-11-6-5-7-14(22(27)28)16(11)30-18(12)25/h5-7,10,13H,3-4,8-9H2,1-2H3,(H,20,23)(H,21,24)/t13-/m1/s1. The Hall–Kier alpha value is -3.76. The van der Waals surface area contributed by atoms with Gasteiger partial charge in [-0.1, -0.05) is 12.1 Å². The van der Waals surface area contributed by atoms with E-state index >= 15 is 0 Å². The van der Waals surface area contributed by atoms with Gasteiger partial charge in [0.05, 0.1) is 11.5 Å². The van der Waals surface area contributed by atoms with Gasteiger partial charge in [0.1, 0.15) is 11.6 Å². The Labute approximate surface area is 170 Å². The lowest BCUT2D eigenvalue weighted by Crippen LogP contribution is -2.43. The monoisotopic (exact) mass is 419 g/mol. The van der Waals surface area contributed by atoms with Crippen LogP contribution in [0, 0.1) is 10.1 Å². The van der Waals surface area contributed by atoms with Gasteiger partial charge in [-0.05, 0) is 26.3 Å². The van der Waals surface area contributed by atoms with Crippen molar-refractivity contribution in [1.29, 1.82) is 0 Å². The molecule has 11 heteroatoms. The van der Waals surface area contributed by atoms with Crippen LogP contribution in [0.2, 0.25) is 0 Å². The van der Waals surface area contributed by atoms with Crippen LogP contribution in [0.25, 0.3) is 11.0 Å². The molecule has 0 aliphatic heterocycles. The molecule has 2 rings (SSSR count). The minimum atomic E-state index is -1.17. The quantitative estimate of drug-likeness (QED) is 0.266. The van der Waals surface area contributed by atoms with Crippen molar-refractivity contribution in [3.63, 3.8) is 0 Å². The number of nitrogens with one attached hydrogen (secondary N) is 2. The molecule has 0 aliphatic carbocycles. The fourth-order valence-corrected chi connectivity index (χ4v) is 2.72. The van der Waals surface area contributed by atoms with Crippen molar-refractivity contribution >= 4 is 34.4 Å². The first kappa shape index (κ1) is 22.5. The van der Waals surface area contributed by atoms with Crippen molar-refractivity contribution in [3.05, 3.63) is 50.4 Å². The lowest BCUT2D eigenvalue weighted by atomic mass is 10.1. The van der Waals surface area contributed by atoms with Gasteiger partial charge in [0, 0.05) is 24.4 Å². The molecule has 1 aromatic carbocycles. The minimum Gasteiger partial charge on any atom is -0.464 e. The van der Waals surface area contributed by atoms with E-state index < -0.39 is 39.7 Å². The smallest absolute Gasteiger partial charge is 0.349 e. The van der Waals surface area contributed by atoms with Gasteiger partial charge < -0.3 is 19.8 Å². The topological polar surface area (TPSA) is 158 Å². The van der Waals surface area contributed by atoms with Gasteiger partial charge in [0.15, 0.2) is 0 Å². The number of rotatable bonds is 9. The molecular weight excluding hydrogens is 398 g/mol. The average molecular weight is 419 g/mol. The van der Waals surface area contributed by atoms with E-state index in [0.29, 0.717) is 6.54 Å². The number of ether oxygens (including phenoxy) is 1. The summed E-state index contributed by atoms with van der Waals surface area (Å²) in [5.74, 6) is -1.99. The summed E-state index contributed by atoms with van der Waals surface area (Å²) in [4.78, 5) is 59.1. The maximum absolute atomic E-state index is 12.6. The van der Waals surface area contributed by atoms with Crippen LogP contribution in [-0.2, 0) is 14.3 Å². The van der Waals surface area contributed by atoms with Crippen LogP contribution in [0.4, 0.5) is 5.69 Å². The van der Waals surface area contributed by atoms with E-state index in [0.717, 1.165) is 6.07 Å². The fraction of sp³-hybridized carbons (Fsp3) is 0.368. The number of benzene rings is 1. The third-order valence-corrected chi connectivity index (χ3v) is 4.09. The number of para-hydroxylation sites is 1. The predicted octanol–water partition coefficient (Wildman–Crippen LogP) is 1.28. The molecule has 0 saturated heterocycles. The first-order valence-corrected chi connectivity index (χ1v) is 9.23. The molecule has 0 spiro atoms. The summed E-state index contributed by atoms with van der Waals surface area (Å²) in [5.41, 5.74) is -2.21. The predicted molar refractivity (Wildman–Crippen MR) is 105 cm³/mol. The number of non-ortho nitro benzene ring substituents is 1. The average Bonchev–Trinajstić information content (AvgIpc) is 2.70. The first-order chi connectivity index (χ1) is 14.3. The summed E-state index contributed by atoms with van der Waals surface area (Å²) < 4.78 is 9.90. The van der Waals surface area contributed by atoms with E-state index in [9.17, 15) is 29.3 Å². The van der Waals surface area contributed by atoms with Crippen LogP contribution in [0.1, 0.15) is 37.0 Å². The highest BCUT2D eigenvalue weighted by Gasteiger charge is 2.26. The molecule has 160 valence electrons. The van der Waals surface area contributed by atoms with E-state index in [1.54, 1.807) is 13.8 Å². The normalized spacial score (nSPS) is 11.5. The highest BCUT2D eigenvalue weighted by molar-refractivity contribution is 5.99. The molecule has 1 atom stereocenters. The number of nitro benzene ring substituents is 1. The second-order valence-electron chi connectivity index (χ2n) is 6.17. The maximum atomic E-state index is 12.6. The molecular formula is C19H21N3O8. The van der Waals surface area contributed by atoms with Gasteiger partial charge in [0.25, 0.3) is 5.91 Å². The summed E-state index contributed by atoms with van der Waals surface area (Å²) in [6.07, 6.45) is -0.0864. The van der Waals surface area contributed by atoms with Gasteiger partial charge in [-0.3, -0.25) is 19.7 Å². The Balaban J connectivity index is 2.29. The van der Waals surface area contributed by atoms with Crippen LogP contribution >= 0.6 is 0 Å². The summed E-state index contributed by atoms with van der Waals surface area (Å²) >= 11 is 0. The summed E-state index contributed by atoms with van der Waals surface area (Å²) in [5, 5.41) is 16.2. The maximum Gasteiger partial charge on any atom is 0.349 e. The van der Waals surface area contributed by atoms with Crippen LogP contribution in [0.3, 0.4) is 0 Å². The third kappa shape index (κ3) is 5.40. The highest BCUT2D eigenvalue weighted by Crippen LogP contribution is 2.24. The molecule has 0 aliphatic rings. The SMILES string of the molecule is CCNC(=O)CC[C@@H](NC(=O)c1cc2cccc([N+](=O)[O-])c2oc1=O)C(=O)OCC. The van der Waals surface area contributed by atoms with Gasteiger partial charge in [0.2, 0.25) is 11.5 Å². The third-order valence-electron chi connectivity index (χ3n) is 4.09. The van der Waals surface area contributed by atoms with Crippen molar-refractivity contribution < 1.29 is 28.5 Å². The zero-order chi connectivity index (χ0) is 22.3. The van der Waals surface area contributed by atoms with Gasteiger partial charge in [-0.2, -0.15) is 0 Å². The lowest BCUT2D eigenvalue weighted by Gasteiger charge is -2.17. The number of amides is 2. The molecule has 0 radical (unpaired) electrons. The van der Waals surface area contributed by atoms with Gasteiger partial charge in [-0.25, -0.2) is 9.59 Å². The molecule has 30 heavy (non-hydrogen) atoms. The second-order valence-corrected chi connectivity index (χ2v) is 6.17. The number of hydrogen-bond acceptors (Lipinski definition) is 8. The molecule has 11 nitrogen and oxygen atoms in total. The second kappa shape index (κ2) is 10.1. The molecule has 1 aromatic heterocycles. The van der Waals surface area contributed by atoms with E-state index in [1.165, 1.54) is 18.2 Å². The fourth-order valence-electron chi connectivity index (χ4n) is 2.72. The van der Waals surface area contributed by atoms with Crippen molar-refractivity contribution in [2.24, 2.45) is 0 Å². The number of esters is 1. The summed E-state index contributed by atoms with van der Waals surface area (Å²) in [7, 11) is 0. The van der Waals surface area contributed by atoms with Crippen LogP contribution in [-0.4, -0.2) is 41.9 Å². The molecule has 0 unspecified atom stereocenters. The number of hydrogen-bond donors (Lipinski definition) is 2. The number of carbonyl (C=O) groups excluding carboxylic acids is 3. The Morgan fingerprint density at radius 2 is 2.00 bits per heavy atom. The van der Waals surface area contributed by atoms with Crippen LogP contribution < -0.4 is 16.3 Å². The number of fused-ring (bicyclic) bond motifs is 1. The molecule has 0 bridgehead atoms. The zero-order valence-electron chi connectivity index (χ0n) is 16.4. The Bertz CT molecular complexity index is 1030. The van der Waals surface area contributed by atoms with Gasteiger partial charge >= 0.3 is 17.3 Å². The van der Waals surface area contributed by atoms with Crippen molar-refractivity contribution in [3.8, 4) is 0 Å². The number of nitrogens with zero attached hydrogens (tertiary/aromatic N) is 1. The van der Waals surface area contributed by atoms with Crippen molar-refractivity contribution in [2.45, 2.75) is 32.7 Å². The van der Waals surface area contributed by atoms with Crippen molar-refractivity contribution in [1.82, 2.24) is 10.6 Å². The number of nitro groups is 1. The molecule has 2 N–H and O–H groups in total. The Morgan fingerprint density at radius 3 is 2.63 bits per heavy atom. The summed E-state index contributed by atoms with van der Waals surface area (Å²) in [6.45, 7) is 3.81. The van der Waals surface area contributed by atoms with E-state index in [1.807, 2.05) is 0 Å². The first-order valence-electron chi connectivity index (χ1n) is 9.23. The molecule has 2 amide bonds. The Morgan fingerprint density at radius 1 is 1.27 bits per heavy atom. The minimum absolute atomic E-state index is 0.0409. The lowest BCUT2D eigenvalue weighted by molar-refractivity contribution is -0.383. The van der Waals surface area contributed by atoms with E-state index in [2.05, 4.69) is 10.6 Å². The Kier molecular flexibility index (Phi) is 7.62. The van der Waals surface area contributed by atoms with E-state index in [-0.39, 0.29) is 36.3 Å².